The Kier molecular flexibility index (Phi) is 1.62. The second-order valence-corrected chi connectivity index (χ2v) is 3.69. The summed E-state index contributed by atoms with van der Waals surface area (Å²) in [4.78, 5) is 15.0. The third-order valence-electron chi connectivity index (χ3n) is 2.61. The van der Waals surface area contributed by atoms with Crippen molar-refractivity contribution in [2.75, 3.05) is 5.32 Å². The Bertz CT molecular complexity index is 459. The van der Waals surface area contributed by atoms with Gasteiger partial charge in [0.25, 0.3) is 0 Å². The summed E-state index contributed by atoms with van der Waals surface area (Å²) in [5.74, 6) is -0.229. The third-order valence-corrected chi connectivity index (χ3v) is 2.61. The Morgan fingerprint density at radius 1 is 1.50 bits per heavy atom. The zero-order valence-corrected chi connectivity index (χ0v) is 8.09. The van der Waals surface area contributed by atoms with Crippen LogP contribution in [0.5, 0.6) is 0 Å². The Balaban J connectivity index is 2.66. The predicted octanol–water partition coefficient (Wildman–Crippen LogP) is 2.08. The first kappa shape index (κ1) is 8.76. The fourth-order valence-electron chi connectivity index (χ4n) is 1.66. The molecule has 3 nitrogen and oxygen atoms in total. The molecule has 0 radical (unpaired) electrons. The Labute approximate surface area is 82.6 Å². The highest BCUT2D eigenvalue weighted by Crippen LogP contribution is 2.38. The molecule has 2 rings (SSSR count). The van der Waals surface area contributed by atoms with Gasteiger partial charge in [0, 0.05) is 6.92 Å². The Morgan fingerprint density at radius 3 is 2.86 bits per heavy atom. The SMILES string of the molecule is [C-]#[N+]C1(C)C(=O)Nc2cc(C)ccc21. The van der Waals surface area contributed by atoms with Crippen LogP contribution in [0.1, 0.15) is 18.1 Å². The summed E-state index contributed by atoms with van der Waals surface area (Å²) in [6.07, 6.45) is 0. The van der Waals surface area contributed by atoms with Gasteiger partial charge < -0.3 is 5.32 Å². The van der Waals surface area contributed by atoms with Crippen LogP contribution in [0.2, 0.25) is 0 Å². The first-order valence-electron chi connectivity index (χ1n) is 4.39. The minimum atomic E-state index is -1.04. The number of fused-ring (bicyclic) bond motifs is 1. The summed E-state index contributed by atoms with van der Waals surface area (Å²) in [5, 5.41) is 2.73. The summed E-state index contributed by atoms with van der Waals surface area (Å²) in [5.41, 5.74) is 1.60. The molecule has 0 aliphatic carbocycles. The van der Waals surface area contributed by atoms with E-state index in [0.717, 1.165) is 16.8 Å². The highest BCUT2D eigenvalue weighted by atomic mass is 16.2. The molecule has 1 aliphatic rings. The zero-order valence-electron chi connectivity index (χ0n) is 8.09. The molecule has 1 heterocycles. The number of amides is 1. The van der Waals surface area contributed by atoms with Gasteiger partial charge in [-0.2, -0.15) is 0 Å². The van der Waals surface area contributed by atoms with E-state index in [9.17, 15) is 4.79 Å². The van der Waals surface area contributed by atoms with Crippen LogP contribution in [0.15, 0.2) is 18.2 Å². The van der Waals surface area contributed by atoms with Gasteiger partial charge in [-0.15, -0.1) is 0 Å². The number of nitrogens with zero attached hydrogens (tertiary/aromatic N) is 1. The van der Waals surface area contributed by atoms with Gasteiger partial charge >= 0.3 is 11.4 Å². The maximum atomic E-state index is 11.6. The summed E-state index contributed by atoms with van der Waals surface area (Å²) in [6, 6.07) is 5.66. The van der Waals surface area contributed by atoms with E-state index in [1.54, 1.807) is 6.92 Å². The van der Waals surface area contributed by atoms with Gasteiger partial charge in [0.15, 0.2) is 0 Å². The third kappa shape index (κ3) is 0.942. The van der Waals surface area contributed by atoms with Gasteiger partial charge in [0.05, 0.1) is 11.3 Å². The summed E-state index contributed by atoms with van der Waals surface area (Å²) < 4.78 is 0. The van der Waals surface area contributed by atoms with Gasteiger partial charge in [0.2, 0.25) is 0 Å². The van der Waals surface area contributed by atoms with Crippen molar-refractivity contribution in [1.82, 2.24) is 0 Å². The number of benzene rings is 1. The summed E-state index contributed by atoms with van der Waals surface area (Å²) >= 11 is 0. The average Bonchev–Trinajstić information content (AvgIpc) is 2.39. The largest absolute Gasteiger partial charge is 0.333 e. The van der Waals surface area contributed by atoms with E-state index >= 15 is 0 Å². The van der Waals surface area contributed by atoms with E-state index in [1.807, 2.05) is 25.1 Å². The van der Waals surface area contributed by atoms with Crippen molar-refractivity contribution in [3.63, 3.8) is 0 Å². The minimum Gasteiger partial charge on any atom is -0.318 e. The monoisotopic (exact) mass is 186 g/mol. The highest BCUT2D eigenvalue weighted by molar-refractivity contribution is 6.06. The molecule has 3 heteroatoms. The van der Waals surface area contributed by atoms with Crippen molar-refractivity contribution in [2.24, 2.45) is 0 Å². The van der Waals surface area contributed by atoms with Crippen LogP contribution < -0.4 is 5.32 Å². The molecule has 0 bridgehead atoms. The normalized spacial score (nSPS) is 23.9. The number of hydrogen-bond donors (Lipinski definition) is 1. The molecule has 1 unspecified atom stereocenters. The molecule has 70 valence electrons. The number of hydrogen-bond acceptors (Lipinski definition) is 1. The van der Waals surface area contributed by atoms with Crippen molar-refractivity contribution in [3.8, 4) is 0 Å². The number of nitrogens with one attached hydrogen (secondary N) is 1. The first-order chi connectivity index (χ1) is 6.58. The van der Waals surface area contributed by atoms with Crippen molar-refractivity contribution in [3.05, 3.63) is 40.7 Å². The fourth-order valence-corrected chi connectivity index (χ4v) is 1.66. The van der Waals surface area contributed by atoms with E-state index in [1.165, 1.54) is 0 Å². The molecule has 0 aromatic heterocycles. The number of rotatable bonds is 0. The van der Waals surface area contributed by atoms with Gasteiger partial charge in [-0.05, 0) is 24.6 Å². The van der Waals surface area contributed by atoms with Crippen LogP contribution in [-0.4, -0.2) is 5.91 Å². The van der Waals surface area contributed by atoms with E-state index in [4.69, 9.17) is 6.57 Å². The maximum absolute atomic E-state index is 11.6. The molecule has 14 heavy (non-hydrogen) atoms. The van der Waals surface area contributed by atoms with E-state index < -0.39 is 5.54 Å². The van der Waals surface area contributed by atoms with Crippen molar-refractivity contribution in [2.45, 2.75) is 19.4 Å². The molecule has 1 aromatic carbocycles. The second kappa shape index (κ2) is 2.58. The van der Waals surface area contributed by atoms with Crippen molar-refractivity contribution >= 4 is 11.6 Å². The van der Waals surface area contributed by atoms with Crippen LogP contribution in [0.3, 0.4) is 0 Å². The lowest BCUT2D eigenvalue weighted by atomic mass is 9.94. The molecule has 0 spiro atoms. The van der Waals surface area contributed by atoms with Gasteiger partial charge in [0.1, 0.15) is 0 Å². The van der Waals surface area contributed by atoms with E-state index in [0.29, 0.717) is 0 Å². The molecule has 1 N–H and O–H groups in total. The standard InChI is InChI=1S/C11H10N2O/c1-7-4-5-8-9(6-7)13-10(14)11(8,2)12-3/h4-6H,1-2H3,(H,13,14). The van der Waals surface area contributed by atoms with Crippen molar-refractivity contribution < 1.29 is 4.79 Å². The molecular formula is C11H10N2O. The topological polar surface area (TPSA) is 33.5 Å². The average molecular weight is 186 g/mol. The fraction of sp³-hybridized carbons (Fsp3) is 0.273. The summed E-state index contributed by atoms with van der Waals surface area (Å²) in [7, 11) is 0. The number of carbonyl (C=O) groups excluding carboxylic acids is 1. The van der Waals surface area contributed by atoms with Gasteiger partial charge in [-0.3, -0.25) is 9.64 Å². The highest BCUT2D eigenvalue weighted by Gasteiger charge is 2.49. The lowest BCUT2D eigenvalue weighted by molar-refractivity contribution is -0.118. The van der Waals surface area contributed by atoms with Crippen LogP contribution in [0.25, 0.3) is 4.85 Å². The van der Waals surface area contributed by atoms with E-state index in [-0.39, 0.29) is 5.91 Å². The lowest BCUT2D eigenvalue weighted by Gasteiger charge is -2.06. The molecule has 0 saturated heterocycles. The Hall–Kier alpha value is -1.82. The predicted molar refractivity (Wildman–Crippen MR) is 53.8 cm³/mol. The molecule has 0 saturated carbocycles. The molecule has 1 aromatic rings. The van der Waals surface area contributed by atoms with Crippen LogP contribution >= 0.6 is 0 Å². The molecular weight excluding hydrogens is 176 g/mol. The molecule has 1 atom stereocenters. The number of anilines is 1. The smallest absolute Gasteiger partial charge is 0.318 e. The Morgan fingerprint density at radius 2 is 2.21 bits per heavy atom. The molecule has 1 aliphatic heterocycles. The van der Waals surface area contributed by atoms with E-state index in [2.05, 4.69) is 10.2 Å². The van der Waals surface area contributed by atoms with Gasteiger partial charge in [-0.1, -0.05) is 6.07 Å². The van der Waals surface area contributed by atoms with Gasteiger partial charge in [-0.25, -0.2) is 6.57 Å². The summed E-state index contributed by atoms with van der Waals surface area (Å²) in [6.45, 7) is 10.7. The number of aryl methyl sites for hydroxylation is 1. The second-order valence-electron chi connectivity index (χ2n) is 3.69. The molecule has 0 fully saturated rings. The van der Waals surface area contributed by atoms with Crippen molar-refractivity contribution in [1.29, 1.82) is 0 Å². The minimum absolute atomic E-state index is 0.229. The lowest BCUT2D eigenvalue weighted by Crippen LogP contribution is -2.26. The number of carbonyl (C=O) groups is 1. The van der Waals surface area contributed by atoms with Crippen LogP contribution in [-0.2, 0) is 10.3 Å². The zero-order chi connectivity index (χ0) is 10.3. The maximum Gasteiger partial charge on any atom is 0.333 e. The van der Waals surface area contributed by atoms with Crippen LogP contribution in [0.4, 0.5) is 5.69 Å². The first-order valence-corrected chi connectivity index (χ1v) is 4.39. The quantitative estimate of drug-likeness (QED) is 0.618. The van der Waals surface area contributed by atoms with Crippen LogP contribution in [0, 0.1) is 13.5 Å². The molecule has 1 amide bonds.